The van der Waals surface area contributed by atoms with Gasteiger partial charge in [0.1, 0.15) is 0 Å². The molecule has 15 heavy (non-hydrogen) atoms. The first-order valence-electron chi connectivity index (χ1n) is 4.84. The maximum absolute atomic E-state index is 8.64. The molecule has 0 amide bonds. The molecule has 0 atom stereocenters. The minimum Gasteiger partial charge on any atom is -0.395 e. The van der Waals surface area contributed by atoms with Gasteiger partial charge < -0.3 is 5.11 Å². The molecule has 1 heterocycles. The predicted molar refractivity (Wildman–Crippen MR) is 60.3 cm³/mol. The quantitative estimate of drug-likeness (QED) is 0.709. The zero-order valence-electron chi connectivity index (χ0n) is 8.27. The van der Waals surface area contributed by atoms with E-state index in [9.17, 15) is 0 Å². The van der Waals surface area contributed by atoms with Crippen molar-refractivity contribution in [3.05, 3.63) is 42.2 Å². The molecule has 2 rings (SSSR count). The van der Waals surface area contributed by atoms with E-state index >= 15 is 0 Å². The first-order chi connectivity index (χ1) is 7.42. The topological polar surface area (TPSA) is 33.1 Å². The highest BCUT2D eigenvalue weighted by Crippen LogP contribution is 2.15. The van der Waals surface area contributed by atoms with Gasteiger partial charge in [0.25, 0.3) is 0 Å². The lowest BCUT2D eigenvalue weighted by Crippen LogP contribution is -1.83. The highest BCUT2D eigenvalue weighted by molar-refractivity contribution is 5.87. The molecule has 0 saturated carbocycles. The Bertz CT molecular complexity index is 517. The van der Waals surface area contributed by atoms with Crippen molar-refractivity contribution in [2.45, 2.75) is 6.42 Å². The fourth-order valence-electron chi connectivity index (χ4n) is 1.43. The maximum atomic E-state index is 8.64. The largest absolute Gasteiger partial charge is 0.395 e. The molecule has 2 aromatic rings. The molecular formula is C13H11NO. The molecule has 0 unspecified atom stereocenters. The average molecular weight is 197 g/mol. The molecule has 0 aliphatic heterocycles. The minimum absolute atomic E-state index is 0.102. The second-order valence-corrected chi connectivity index (χ2v) is 3.18. The summed E-state index contributed by atoms with van der Waals surface area (Å²) in [7, 11) is 0. The fourth-order valence-corrected chi connectivity index (χ4v) is 1.43. The van der Waals surface area contributed by atoms with E-state index in [1.807, 2.05) is 30.5 Å². The van der Waals surface area contributed by atoms with Crippen LogP contribution in [0.25, 0.3) is 10.8 Å². The third kappa shape index (κ3) is 2.15. The van der Waals surface area contributed by atoms with Gasteiger partial charge in [-0.15, -0.1) is 0 Å². The van der Waals surface area contributed by atoms with Gasteiger partial charge in [-0.2, -0.15) is 0 Å². The fraction of sp³-hybridized carbons (Fsp3) is 0.154. The molecule has 0 fully saturated rings. The van der Waals surface area contributed by atoms with Crippen LogP contribution in [0.1, 0.15) is 12.0 Å². The van der Waals surface area contributed by atoms with E-state index in [2.05, 4.69) is 16.8 Å². The van der Waals surface area contributed by atoms with Gasteiger partial charge in [0.05, 0.1) is 12.2 Å². The van der Waals surface area contributed by atoms with Crippen molar-refractivity contribution in [2.75, 3.05) is 6.61 Å². The molecule has 0 radical (unpaired) electrons. The number of hydrogen-bond donors (Lipinski definition) is 1. The number of benzene rings is 1. The zero-order chi connectivity index (χ0) is 10.5. The van der Waals surface area contributed by atoms with Gasteiger partial charge in [-0.05, 0) is 0 Å². The Morgan fingerprint density at radius 1 is 1.20 bits per heavy atom. The van der Waals surface area contributed by atoms with Gasteiger partial charge >= 0.3 is 0 Å². The Morgan fingerprint density at radius 2 is 2.07 bits per heavy atom. The van der Waals surface area contributed by atoms with Crippen molar-refractivity contribution in [2.24, 2.45) is 0 Å². The van der Waals surface area contributed by atoms with Gasteiger partial charge in [0.15, 0.2) is 0 Å². The van der Waals surface area contributed by atoms with E-state index in [4.69, 9.17) is 5.11 Å². The number of aromatic nitrogens is 1. The van der Waals surface area contributed by atoms with Crippen LogP contribution in [0.15, 0.2) is 36.7 Å². The standard InChI is InChI=1S/C13H11NO/c15-8-4-3-6-12-10-14-9-11-5-1-2-7-13(11)12/h1-2,5,7,9-10,15H,4,8H2. The summed E-state index contributed by atoms with van der Waals surface area (Å²) in [6.07, 6.45) is 4.09. The summed E-state index contributed by atoms with van der Waals surface area (Å²) in [6.45, 7) is 0.102. The van der Waals surface area contributed by atoms with E-state index in [1.54, 1.807) is 6.20 Å². The lowest BCUT2D eigenvalue weighted by atomic mass is 10.1. The molecule has 0 aliphatic carbocycles. The molecule has 1 N–H and O–H groups in total. The second kappa shape index (κ2) is 4.59. The molecule has 2 nitrogen and oxygen atoms in total. The molecule has 1 aromatic carbocycles. The second-order valence-electron chi connectivity index (χ2n) is 3.18. The van der Waals surface area contributed by atoms with E-state index in [1.165, 1.54) is 0 Å². The summed E-state index contributed by atoms with van der Waals surface area (Å²) >= 11 is 0. The number of nitrogens with zero attached hydrogens (tertiary/aromatic N) is 1. The van der Waals surface area contributed by atoms with Crippen molar-refractivity contribution >= 4 is 10.8 Å². The van der Waals surface area contributed by atoms with Crippen molar-refractivity contribution in [1.29, 1.82) is 0 Å². The lowest BCUT2D eigenvalue weighted by Gasteiger charge is -1.98. The lowest BCUT2D eigenvalue weighted by molar-refractivity contribution is 0.305. The third-order valence-electron chi connectivity index (χ3n) is 2.13. The van der Waals surface area contributed by atoms with E-state index in [0.717, 1.165) is 16.3 Å². The Balaban J connectivity index is 2.48. The first-order valence-corrected chi connectivity index (χ1v) is 4.84. The van der Waals surface area contributed by atoms with Gasteiger partial charge in [0.2, 0.25) is 0 Å². The molecule has 0 aliphatic rings. The number of pyridine rings is 1. The van der Waals surface area contributed by atoms with E-state index in [-0.39, 0.29) is 6.61 Å². The molecule has 0 bridgehead atoms. The molecule has 74 valence electrons. The van der Waals surface area contributed by atoms with Crippen LogP contribution in [0.5, 0.6) is 0 Å². The molecule has 0 spiro atoms. The summed E-state index contributed by atoms with van der Waals surface area (Å²) in [6, 6.07) is 8.01. The number of rotatable bonds is 1. The van der Waals surface area contributed by atoms with Crippen molar-refractivity contribution in [1.82, 2.24) is 4.98 Å². The van der Waals surface area contributed by atoms with Gasteiger partial charge in [-0.25, -0.2) is 0 Å². The van der Waals surface area contributed by atoms with Crippen LogP contribution in [-0.2, 0) is 0 Å². The van der Waals surface area contributed by atoms with Crippen LogP contribution in [0, 0.1) is 11.8 Å². The van der Waals surface area contributed by atoms with Crippen LogP contribution in [0.3, 0.4) is 0 Å². The molecular weight excluding hydrogens is 186 g/mol. The van der Waals surface area contributed by atoms with E-state index < -0.39 is 0 Å². The van der Waals surface area contributed by atoms with Crippen LogP contribution < -0.4 is 0 Å². The normalized spacial score (nSPS) is 9.67. The summed E-state index contributed by atoms with van der Waals surface area (Å²) in [5, 5.41) is 10.8. The summed E-state index contributed by atoms with van der Waals surface area (Å²) in [4.78, 5) is 4.13. The molecule has 0 saturated heterocycles. The van der Waals surface area contributed by atoms with Crippen molar-refractivity contribution in [3.63, 3.8) is 0 Å². The third-order valence-corrected chi connectivity index (χ3v) is 2.13. The maximum Gasteiger partial charge on any atom is 0.0540 e. The zero-order valence-corrected chi connectivity index (χ0v) is 8.27. The SMILES string of the molecule is OCCC#Cc1cncc2ccccc12. The number of aliphatic hydroxyl groups is 1. The van der Waals surface area contributed by atoms with Crippen molar-refractivity contribution < 1.29 is 5.11 Å². The Hall–Kier alpha value is -1.85. The average Bonchev–Trinajstić information content (AvgIpc) is 2.30. The Labute approximate surface area is 88.6 Å². The highest BCUT2D eigenvalue weighted by atomic mass is 16.2. The summed E-state index contributed by atoms with van der Waals surface area (Å²) in [5.74, 6) is 5.92. The molecule has 1 aromatic heterocycles. The number of aliphatic hydroxyl groups excluding tert-OH is 1. The van der Waals surface area contributed by atoms with Crippen LogP contribution >= 0.6 is 0 Å². The Kier molecular flexibility index (Phi) is 2.96. The van der Waals surface area contributed by atoms with Gasteiger partial charge in [0, 0.05) is 29.6 Å². The summed E-state index contributed by atoms with van der Waals surface area (Å²) in [5.41, 5.74) is 0.918. The predicted octanol–water partition coefficient (Wildman–Crippen LogP) is 1.97. The van der Waals surface area contributed by atoms with E-state index in [0.29, 0.717) is 6.42 Å². The minimum atomic E-state index is 0.102. The first kappa shape index (κ1) is 9.70. The summed E-state index contributed by atoms with van der Waals surface area (Å²) < 4.78 is 0. The number of fused-ring (bicyclic) bond motifs is 1. The van der Waals surface area contributed by atoms with Gasteiger partial charge in [-0.3, -0.25) is 4.98 Å². The van der Waals surface area contributed by atoms with Crippen LogP contribution in [0.4, 0.5) is 0 Å². The molecule has 2 heteroatoms. The Morgan fingerprint density at radius 3 is 2.93 bits per heavy atom. The number of hydrogen-bond acceptors (Lipinski definition) is 2. The van der Waals surface area contributed by atoms with Gasteiger partial charge in [-0.1, -0.05) is 36.1 Å². The highest BCUT2D eigenvalue weighted by Gasteiger charge is 1.96. The van der Waals surface area contributed by atoms with Crippen molar-refractivity contribution in [3.8, 4) is 11.8 Å². The monoisotopic (exact) mass is 197 g/mol. The smallest absolute Gasteiger partial charge is 0.0540 e. The van der Waals surface area contributed by atoms with Crippen LogP contribution in [0.2, 0.25) is 0 Å². The van der Waals surface area contributed by atoms with Crippen LogP contribution in [-0.4, -0.2) is 16.7 Å².